The fourth-order valence-corrected chi connectivity index (χ4v) is 4.40. The lowest BCUT2D eigenvalue weighted by atomic mass is 9.95. The van der Waals surface area contributed by atoms with E-state index in [0.29, 0.717) is 6.54 Å². The molecule has 2 rings (SSSR count). The van der Waals surface area contributed by atoms with E-state index in [2.05, 4.69) is 11.6 Å². The van der Waals surface area contributed by atoms with Crippen LogP contribution in [0.25, 0.3) is 0 Å². The maximum absolute atomic E-state index is 12.3. The van der Waals surface area contributed by atoms with Crippen LogP contribution in [0.5, 0.6) is 0 Å². The van der Waals surface area contributed by atoms with E-state index in [1.165, 1.54) is 25.7 Å². The highest BCUT2D eigenvalue weighted by Gasteiger charge is 2.34. The van der Waals surface area contributed by atoms with E-state index < -0.39 is 5.97 Å². The Morgan fingerprint density at radius 1 is 1.33 bits per heavy atom. The van der Waals surface area contributed by atoms with Gasteiger partial charge in [-0.25, -0.2) is 4.79 Å². The summed E-state index contributed by atoms with van der Waals surface area (Å²) < 4.78 is 0.214. The number of carboxylic acid groups (broad SMARTS) is 1. The van der Waals surface area contributed by atoms with Gasteiger partial charge in [0.15, 0.2) is 0 Å². The number of nitrogens with zero attached hydrogens (tertiary/aromatic N) is 1. The van der Waals surface area contributed by atoms with Crippen molar-refractivity contribution in [3.8, 4) is 0 Å². The quantitative estimate of drug-likeness (QED) is 0.818. The van der Waals surface area contributed by atoms with Crippen LogP contribution in [0, 0.1) is 5.92 Å². The SMILES string of the molecule is CSC1(CNC(=O)N2CCCC(CC(=O)O)C2)CCCC1. The van der Waals surface area contributed by atoms with Crippen LogP contribution in [0.1, 0.15) is 44.9 Å². The minimum Gasteiger partial charge on any atom is -0.481 e. The molecular weight excluding hydrogens is 288 g/mol. The van der Waals surface area contributed by atoms with Crippen LogP contribution < -0.4 is 5.32 Å². The van der Waals surface area contributed by atoms with Crippen molar-refractivity contribution in [2.75, 3.05) is 25.9 Å². The fraction of sp³-hybridized carbons (Fsp3) is 0.867. The minimum atomic E-state index is -0.769. The van der Waals surface area contributed by atoms with Crippen molar-refractivity contribution in [2.45, 2.75) is 49.7 Å². The van der Waals surface area contributed by atoms with E-state index in [0.717, 1.165) is 25.9 Å². The van der Waals surface area contributed by atoms with Crippen molar-refractivity contribution in [1.29, 1.82) is 0 Å². The Morgan fingerprint density at radius 2 is 2.05 bits per heavy atom. The van der Waals surface area contributed by atoms with Gasteiger partial charge in [-0.2, -0.15) is 11.8 Å². The second-order valence-electron chi connectivity index (χ2n) is 6.31. The molecule has 0 aromatic carbocycles. The van der Waals surface area contributed by atoms with Gasteiger partial charge in [0, 0.05) is 30.8 Å². The van der Waals surface area contributed by atoms with E-state index in [1.54, 1.807) is 4.90 Å². The fourth-order valence-electron chi connectivity index (χ4n) is 3.48. The van der Waals surface area contributed by atoms with Gasteiger partial charge in [0.25, 0.3) is 0 Å². The lowest BCUT2D eigenvalue weighted by molar-refractivity contribution is -0.138. The molecule has 0 radical (unpaired) electrons. The first-order chi connectivity index (χ1) is 10.0. The molecule has 0 spiro atoms. The number of carbonyl (C=O) groups is 2. The van der Waals surface area contributed by atoms with E-state index in [4.69, 9.17) is 5.11 Å². The summed E-state index contributed by atoms with van der Waals surface area (Å²) >= 11 is 1.87. The number of amides is 2. The number of urea groups is 1. The van der Waals surface area contributed by atoms with Crippen molar-refractivity contribution in [3.05, 3.63) is 0 Å². The Morgan fingerprint density at radius 3 is 2.67 bits per heavy atom. The number of hydrogen-bond donors (Lipinski definition) is 2. The molecule has 0 bridgehead atoms. The van der Waals surface area contributed by atoms with E-state index >= 15 is 0 Å². The molecule has 2 fully saturated rings. The van der Waals surface area contributed by atoms with E-state index in [-0.39, 0.29) is 23.1 Å². The Labute approximate surface area is 130 Å². The summed E-state index contributed by atoms with van der Waals surface area (Å²) in [7, 11) is 0. The number of nitrogens with one attached hydrogen (secondary N) is 1. The molecule has 21 heavy (non-hydrogen) atoms. The monoisotopic (exact) mass is 314 g/mol. The molecule has 1 heterocycles. The third-order valence-corrected chi connectivity index (χ3v) is 6.20. The van der Waals surface area contributed by atoms with Gasteiger partial charge in [-0.15, -0.1) is 0 Å². The number of carboxylic acids is 1. The average Bonchev–Trinajstić information content (AvgIpc) is 2.94. The van der Waals surface area contributed by atoms with Crippen LogP contribution in [0.3, 0.4) is 0 Å². The maximum Gasteiger partial charge on any atom is 0.317 e. The zero-order chi connectivity index (χ0) is 15.3. The van der Waals surface area contributed by atoms with Crippen LogP contribution in [0.4, 0.5) is 4.79 Å². The minimum absolute atomic E-state index is 0.0228. The number of thioether (sulfide) groups is 1. The van der Waals surface area contributed by atoms with Gasteiger partial charge in [0.2, 0.25) is 0 Å². The normalized spacial score (nSPS) is 24.8. The number of aliphatic carboxylic acids is 1. The standard InChI is InChI=1S/C15H26N2O3S/c1-21-15(6-2-3-7-15)11-16-14(20)17-8-4-5-12(10-17)9-13(18)19/h12H,2-11H2,1H3,(H,16,20)(H,18,19). The number of carbonyl (C=O) groups excluding carboxylic acids is 1. The Kier molecular flexibility index (Phi) is 5.79. The molecule has 1 saturated carbocycles. The van der Waals surface area contributed by atoms with Crippen LogP contribution in [0.2, 0.25) is 0 Å². The van der Waals surface area contributed by atoms with E-state index in [9.17, 15) is 9.59 Å². The van der Waals surface area contributed by atoms with Crippen molar-refractivity contribution in [3.63, 3.8) is 0 Å². The molecule has 5 nitrogen and oxygen atoms in total. The van der Waals surface area contributed by atoms with Gasteiger partial charge in [-0.05, 0) is 37.9 Å². The maximum atomic E-state index is 12.3. The number of hydrogen-bond acceptors (Lipinski definition) is 3. The summed E-state index contributed by atoms with van der Waals surface area (Å²) in [4.78, 5) is 24.9. The van der Waals surface area contributed by atoms with Gasteiger partial charge >= 0.3 is 12.0 Å². The first-order valence-electron chi connectivity index (χ1n) is 7.84. The first kappa shape index (κ1) is 16.5. The van der Waals surface area contributed by atoms with Crippen LogP contribution in [-0.4, -0.2) is 52.6 Å². The third-order valence-electron chi connectivity index (χ3n) is 4.78. The highest BCUT2D eigenvalue weighted by atomic mass is 32.2. The summed E-state index contributed by atoms with van der Waals surface area (Å²) in [6.45, 7) is 2.05. The summed E-state index contributed by atoms with van der Waals surface area (Å²) in [5.74, 6) is -0.669. The van der Waals surface area contributed by atoms with Crippen LogP contribution in [0.15, 0.2) is 0 Å². The highest BCUT2D eigenvalue weighted by Crippen LogP contribution is 2.39. The predicted octanol–water partition coefficient (Wildman–Crippen LogP) is 2.56. The summed E-state index contributed by atoms with van der Waals surface area (Å²) in [6, 6.07) is -0.0228. The molecular formula is C15H26N2O3S. The molecule has 6 heteroatoms. The molecule has 120 valence electrons. The Hall–Kier alpha value is -0.910. The molecule has 1 atom stereocenters. The highest BCUT2D eigenvalue weighted by molar-refractivity contribution is 8.00. The van der Waals surface area contributed by atoms with Crippen molar-refractivity contribution in [2.24, 2.45) is 5.92 Å². The summed E-state index contributed by atoms with van der Waals surface area (Å²) in [5, 5.41) is 12.0. The Balaban J connectivity index is 1.81. The zero-order valence-electron chi connectivity index (χ0n) is 12.8. The topological polar surface area (TPSA) is 69.6 Å². The molecule has 1 unspecified atom stereocenters. The molecule has 2 aliphatic rings. The summed E-state index contributed by atoms with van der Waals surface area (Å²) in [6.07, 6.45) is 8.96. The first-order valence-corrected chi connectivity index (χ1v) is 9.07. The average molecular weight is 314 g/mol. The molecule has 2 N–H and O–H groups in total. The van der Waals surface area contributed by atoms with Crippen LogP contribution in [-0.2, 0) is 4.79 Å². The number of rotatable bonds is 5. The second kappa shape index (κ2) is 7.38. The van der Waals surface area contributed by atoms with E-state index in [1.807, 2.05) is 11.8 Å². The van der Waals surface area contributed by atoms with Crippen LogP contribution >= 0.6 is 11.8 Å². The largest absolute Gasteiger partial charge is 0.481 e. The Bertz CT molecular complexity index is 383. The molecule has 0 aromatic rings. The van der Waals surface area contributed by atoms with Gasteiger partial charge in [0.05, 0.1) is 0 Å². The number of likely N-dealkylation sites (tertiary alicyclic amines) is 1. The number of piperidine rings is 1. The predicted molar refractivity (Wildman–Crippen MR) is 84.7 cm³/mol. The van der Waals surface area contributed by atoms with Gasteiger partial charge in [-0.1, -0.05) is 12.8 Å². The second-order valence-corrected chi connectivity index (χ2v) is 7.58. The van der Waals surface area contributed by atoms with Crippen molar-refractivity contribution >= 4 is 23.8 Å². The molecule has 1 aliphatic carbocycles. The molecule has 0 aromatic heterocycles. The van der Waals surface area contributed by atoms with Gasteiger partial charge in [0.1, 0.15) is 0 Å². The molecule has 1 saturated heterocycles. The molecule has 2 amide bonds. The van der Waals surface area contributed by atoms with Crippen molar-refractivity contribution in [1.82, 2.24) is 10.2 Å². The molecule has 1 aliphatic heterocycles. The lowest BCUT2D eigenvalue weighted by Gasteiger charge is -2.34. The van der Waals surface area contributed by atoms with Gasteiger partial charge < -0.3 is 15.3 Å². The smallest absolute Gasteiger partial charge is 0.317 e. The van der Waals surface area contributed by atoms with Gasteiger partial charge in [-0.3, -0.25) is 4.79 Å². The third kappa shape index (κ3) is 4.53. The zero-order valence-corrected chi connectivity index (χ0v) is 13.6. The van der Waals surface area contributed by atoms with Crippen molar-refractivity contribution < 1.29 is 14.7 Å². The summed E-state index contributed by atoms with van der Waals surface area (Å²) in [5.41, 5.74) is 0. The lowest BCUT2D eigenvalue weighted by Crippen LogP contribution is -2.49.